The van der Waals surface area contributed by atoms with Crippen LogP contribution < -0.4 is 10.6 Å². The molecule has 1 saturated heterocycles. The fourth-order valence-corrected chi connectivity index (χ4v) is 14.1. The van der Waals surface area contributed by atoms with Gasteiger partial charge in [-0.05, 0) is 33.9 Å². The summed E-state index contributed by atoms with van der Waals surface area (Å²) in [7, 11) is 0. The topological polar surface area (TPSA) is 149 Å². The van der Waals surface area contributed by atoms with Gasteiger partial charge in [-0.3, -0.25) is 14.5 Å². The minimum atomic E-state index is -1.39. The Labute approximate surface area is 492 Å². The van der Waals surface area contributed by atoms with Crippen molar-refractivity contribution < 1.29 is 33.5 Å². The number of aromatic nitrogens is 1. The van der Waals surface area contributed by atoms with Crippen molar-refractivity contribution in [2.45, 2.75) is 28.7 Å². The largest absolute Gasteiger partial charge is 0.458 e. The lowest BCUT2D eigenvalue weighted by atomic mass is 9.77. The predicted molar refractivity (Wildman–Crippen MR) is 326 cm³/mol. The first-order chi connectivity index (χ1) is 40.8. The number of hydrogen-bond donors (Lipinski definition) is 2. The summed E-state index contributed by atoms with van der Waals surface area (Å²) in [5.74, 6) is -1.96. The summed E-state index contributed by atoms with van der Waals surface area (Å²) in [5.41, 5.74) is 4.68. The molecule has 12 rings (SSSR count). The van der Waals surface area contributed by atoms with Crippen molar-refractivity contribution in [2.24, 2.45) is 5.16 Å². The third-order valence-electron chi connectivity index (χ3n) is 14.7. The molecule has 83 heavy (non-hydrogen) atoms. The molecule has 2 atom stereocenters. The third-order valence-corrected chi connectivity index (χ3v) is 18.1. The molecule has 2 amide bonds. The van der Waals surface area contributed by atoms with Gasteiger partial charge in [-0.2, -0.15) is 0 Å². The van der Waals surface area contributed by atoms with Gasteiger partial charge in [0.15, 0.2) is 16.9 Å². The molecular weight excluding hydrogens is 1090 g/mol. The van der Waals surface area contributed by atoms with Crippen LogP contribution in [0, 0.1) is 0 Å². The van der Waals surface area contributed by atoms with E-state index < -0.39 is 52.4 Å². The molecule has 0 spiro atoms. The zero-order valence-corrected chi connectivity index (χ0v) is 47.0. The van der Waals surface area contributed by atoms with E-state index in [9.17, 15) is 14.4 Å². The van der Waals surface area contributed by atoms with Gasteiger partial charge >= 0.3 is 11.9 Å². The fourth-order valence-electron chi connectivity index (χ4n) is 10.7. The summed E-state index contributed by atoms with van der Waals surface area (Å²) >= 11 is 3.96. The van der Waals surface area contributed by atoms with Crippen molar-refractivity contribution in [3.05, 3.63) is 320 Å². The Bertz CT molecular complexity index is 3620. The first-order valence-electron chi connectivity index (χ1n) is 26.9. The summed E-state index contributed by atoms with van der Waals surface area (Å²) in [6.07, 6.45) is 0.897. The summed E-state index contributed by atoms with van der Waals surface area (Å²) in [4.78, 5) is 72.3. The van der Waals surface area contributed by atoms with Gasteiger partial charge in [0.2, 0.25) is 5.60 Å². The normalized spacial score (nSPS) is 16.1. The van der Waals surface area contributed by atoms with Gasteiger partial charge in [0, 0.05) is 44.1 Å². The van der Waals surface area contributed by atoms with E-state index in [4.69, 9.17) is 24.5 Å². The van der Waals surface area contributed by atoms with E-state index in [0.717, 1.165) is 44.5 Å². The van der Waals surface area contributed by atoms with E-state index >= 15 is 4.79 Å². The van der Waals surface area contributed by atoms with Crippen LogP contribution in [0.15, 0.2) is 275 Å². The number of nitrogens with one attached hydrogen (secondary N) is 2. The van der Waals surface area contributed by atoms with Crippen molar-refractivity contribution in [3.63, 3.8) is 0 Å². The smallest absolute Gasteiger partial charge is 0.356 e. The van der Waals surface area contributed by atoms with Gasteiger partial charge in [0.05, 0.1) is 0 Å². The van der Waals surface area contributed by atoms with Crippen molar-refractivity contribution >= 4 is 69.5 Å². The summed E-state index contributed by atoms with van der Waals surface area (Å²) in [6.45, 7) is 0.165. The molecule has 12 nitrogen and oxygen atoms in total. The number of hydrogen-bond acceptors (Lipinski definition) is 13. The number of fused-ring (bicyclic) bond motifs is 1. The van der Waals surface area contributed by atoms with Gasteiger partial charge in [0.25, 0.3) is 11.8 Å². The van der Waals surface area contributed by atoms with Crippen LogP contribution in [0.3, 0.4) is 0 Å². The molecule has 2 N–H and O–H groups in total. The molecule has 3 aliphatic rings. The van der Waals surface area contributed by atoms with Crippen LogP contribution in [0.4, 0.5) is 5.13 Å². The second-order valence-corrected chi connectivity index (χ2v) is 22.7. The number of ether oxygens (including phenoxy) is 2. The second kappa shape index (κ2) is 24.4. The molecule has 1 aromatic heterocycles. The molecule has 3 aliphatic heterocycles. The number of cyclic esters (lactones) is 1. The third kappa shape index (κ3) is 10.9. The highest BCUT2D eigenvalue weighted by Gasteiger charge is 2.55. The SMILES string of the molecule is O=C1OCC=C1CSC1=C(C(=O)OC(c2ccccc2)c2ccccc2)N2C(=O)[C@@H](NC(=O)/C(=N/OC(c3ccccc3)(c3ccccc3)c3ccccc3)c3csc(NC(c4ccccc4)(c4ccccc4)c4ccccc4)n3)[C@H]2SC1. The zero-order valence-electron chi connectivity index (χ0n) is 44.5. The van der Waals surface area contributed by atoms with Gasteiger partial charge in [-0.25, -0.2) is 14.6 Å². The molecule has 0 aliphatic carbocycles. The molecule has 0 radical (unpaired) electrons. The Morgan fingerprint density at radius 2 is 1.11 bits per heavy atom. The van der Waals surface area contributed by atoms with E-state index in [0.29, 0.717) is 15.6 Å². The first kappa shape index (κ1) is 54.3. The first-order valence-corrected chi connectivity index (χ1v) is 29.8. The van der Waals surface area contributed by atoms with Gasteiger partial charge in [-0.1, -0.05) is 248 Å². The number of anilines is 1. The molecule has 1 fully saturated rings. The maximum Gasteiger partial charge on any atom is 0.356 e. The zero-order chi connectivity index (χ0) is 56.6. The van der Waals surface area contributed by atoms with Crippen LogP contribution in [0.1, 0.15) is 56.3 Å². The van der Waals surface area contributed by atoms with Crippen LogP contribution in [0.2, 0.25) is 0 Å². The van der Waals surface area contributed by atoms with Gasteiger partial charge in [0.1, 0.15) is 35.0 Å². The highest BCUT2D eigenvalue weighted by Crippen LogP contribution is 2.46. The number of thioether (sulfide) groups is 2. The molecular formula is C68H53N5O7S3. The number of esters is 2. The van der Waals surface area contributed by atoms with Crippen molar-refractivity contribution in [3.8, 4) is 0 Å². The number of carbonyl (C=O) groups is 4. The second-order valence-electron chi connectivity index (χ2n) is 19.7. The lowest BCUT2D eigenvalue weighted by Crippen LogP contribution is -2.71. The minimum absolute atomic E-state index is 0.0441. The van der Waals surface area contributed by atoms with Gasteiger partial charge < -0.3 is 24.9 Å². The highest BCUT2D eigenvalue weighted by molar-refractivity contribution is 8.06. The lowest BCUT2D eigenvalue weighted by Gasteiger charge is -2.49. The van der Waals surface area contributed by atoms with Gasteiger partial charge in [-0.15, -0.1) is 34.9 Å². The molecule has 9 aromatic rings. The number of carbonyl (C=O) groups excluding carboxylic acids is 4. The number of nitrogens with zero attached hydrogens (tertiary/aromatic N) is 3. The van der Waals surface area contributed by atoms with Crippen molar-refractivity contribution in [1.29, 1.82) is 0 Å². The van der Waals surface area contributed by atoms with Crippen LogP contribution in [0.25, 0.3) is 0 Å². The monoisotopic (exact) mass is 1150 g/mol. The molecule has 410 valence electrons. The number of rotatable bonds is 20. The summed E-state index contributed by atoms with van der Waals surface area (Å²) in [5, 5.41) is 13.2. The number of benzene rings is 8. The van der Waals surface area contributed by atoms with Crippen LogP contribution >= 0.6 is 34.9 Å². The summed E-state index contributed by atoms with van der Waals surface area (Å²) < 4.78 is 11.6. The van der Waals surface area contributed by atoms with Crippen LogP contribution in [-0.2, 0) is 44.6 Å². The lowest BCUT2D eigenvalue weighted by molar-refractivity contribution is -0.154. The van der Waals surface area contributed by atoms with E-state index in [1.807, 2.05) is 206 Å². The van der Waals surface area contributed by atoms with E-state index in [-0.39, 0.29) is 35.2 Å². The molecule has 4 heterocycles. The van der Waals surface area contributed by atoms with Crippen LogP contribution in [0.5, 0.6) is 0 Å². The van der Waals surface area contributed by atoms with E-state index in [1.165, 1.54) is 39.8 Å². The molecule has 0 saturated carbocycles. The number of oxime groups is 1. The predicted octanol–water partition coefficient (Wildman–Crippen LogP) is 12.4. The number of amides is 2. The molecule has 0 bridgehead atoms. The Morgan fingerprint density at radius 3 is 1.57 bits per heavy atom. The Hall–Kier alpha value is -9.28. The summed E-state index contributed by atoms with van der Waals surface area (Å²) in [6, 6.07) is 77.1. The highest BCUT2D eigenvalue weighted by atomic mass is 32.2. The van der Waals surface area contributed by atoms with Crippen molar-refractivity contribution in [2.75, 3.05) is 23.4 Å². The Balaban J connectivity index is 0.932. The van der Waals surface area contributed by atoms with Crippen molar-refractivity contribution in [1.82, 2.24) is 15.2 Å². The minimum Gasteiger partial charge on any atom is -0.458 e. The maximum absolute atomic E-state index is 15.6. The standard InChI is InChI=1S/C68H53N5O7S3/c74-61(70-58-62(75)73-59(56(45-82-63(58)73)81-43-48-41-42-78-64(48)76)65(77)79-60(46-25-9-1-10-26-46)47-27-11-2-12-28-47)57(72-80-68(52-35-19-6-20-36-52,53-37-21-7-22-38-53)54-39-23-8-24-40-54)55-44-83-66(69-55)71-67(49-29-13-3-14-30-49,50-31-15-4-16-32-50)51-33-17-5-18-34-51/h1-41,44,58,60,63H,42-43,45H2,(H,69,71)(H,70,74)/b72-57+/t58-,63-/m1/s1. The van der Waals surface area contributed by atoms with E-state index in [2.05, 4.69) is 47.0 Å². The maximum atomic E-state index is 15.6. The number of β-lactam (4-membered cyclic amide) rings is 1. The molecule has 15 heteroatoms. The number of thiazole rings is 1. The fraction of sp³-hybridized carbons (Fsp3) is 0.118. The Morgan fingerprint density at radius 1 is 0.651 bits per heavy atom. The average molecular weight is 1150 g/mol. The van der Waals surface area contributed by atoms with Crippen LogP contribution in [-0.4, -0.2) is 68.9 Å². The molecule has 8 aromatic carbocycles. The van der Waals surface area contributed by atoms with E-state index in [1.54, 1.807) is 11.5 Å². The Kier molecular flexibility index (Phi) is 16.0. The quantitative estimate of drug-likeness (QED) is 0.0247. The molecule has 0 unspecified atom stereocenters. The average Bonchev–Trinajstić information content (AvgIpc) is 2.73.